The highest BCUT2D eigenvalue weighted by Crippen LogP contribution is 2.61. The van der Waals surface area contributed by atoms with Gasteiger partial charge in [-0.3, -0.25) is 14.4 Å². The highest BCUT2D eigenvalue weighted by atomic mass is 16.5. The van der Waals surface area contributed by atoms with Gasteiger partial charge in [0.2, 0.25) is 17.6 Å². The second-order valence-electron chi connectivity index (χ2n) is 11.1. The Morgan fingerprint density at radius 3 is 1.83 bits per heavy atom. The summed E-state index contributed by atoms with van der Waals surface area (Å²) in [5, 5.41) is 0. The Labute approximate surface area is 237 Å². The second-order valence-corrected chi connectivity index (χ2v) is 11.1. The number of esters is 1. The molecule has 0 spiro atoms. The molecule has 1 saturated heterocycles. The lowest BCUT2D eigenvalue weighted by Gasteiger charge is -2.45. The van der Waals surface area contributed by atoms with Crippen LogP contribution in [-0.2, 0) is 14.3 Å². The smallest absolute Gasteiger partial charge is 0.338 e. The van der Waals surface area contributed by atoms with Gasteiger partial charge in [0.25, 0.3) is 0 Å². The van der Waals surface area contributed by atoms with Crippen LogP contribution in [0.1, 0.15) is 65.9 Å². The topological polar surface area (TPSA) is 80.8 Å². The first-order valence-corrected chi connectivity index (χ1v) is 13.8. The van der Waals surface area contributed by atoms with Crippen LogP contribution < -0.4 is 4.90 Å². The number of rotatable bonds is 5. The van der Waals surface area contributed by atoms with E-state index in [1.165, 1.54) is 11.0 Å². The van der Waals surface area contributed by atoms with Crippen LogP contribution in [0.4, 0.5) is 5.69 Å². The molecule has 4 aromatic rings. The Hall–Kier alpha value is -4.84. The maximum absolute atomic E-state index is 14.0. The Balaban J connectivity index is 1.17. The van der Waals surface area contributed by atoms with Crippen molar-refractivity contribution in [3.8, 4) is 0 Å². The van der Waals surface area contributed by atoms with Gasteiger partial charge in [0, 0.05) is 17.4 Å². The lowest BCUT2D eigenvalue weighted by atomic mass is 9.55. The number of anilines is 1. The van der Waals surface area contributed by atoms with E-state index in [2.05, 4.69) is 24.3 Å². The van der Waals surface area contributed by atoms with Crippen molar-refractivity contribution in [2.75, 3.05) is 11.5 Å². The molecule has 0 N–H and O–H groups in total. The Morgan fingerprint density at radius 1 is 0.707 bits per heavy atom. The SMILES string of the molecule is Cc1ccc(C)c(C(=O)COC(=O)c2cccc(N3C(=O)[C@@H]4C5c6ccccc6C(c6ccccc65)[C@@H]4C3=O)c2)c1. The molecule has 1 heterocycles. The summed E-state index contributed by atoms with van der Waals surface area (Å²) in [7, 11) is 0. The standard InChI is InChI=1S/C35H27NO5/c1-19-14-15-20(2)27(16-19)28(37)18-41-35(40)21-8-7-9-22(17-21)36-33(38)31-29-23-10-3-4-11-24(23)30(32(31)34(36)39)26-13-6-5-12-25(26)29/h3-17,29-32H,18H2,1-2H3/t29?,30?,31-,32+. The molecule has 4 aromatic carbocycles. The molecular formula is C35H27NO5. The number of Topliss-reactive ketones (excluding diaryl/α,β-unsaturated/α-hetero) is 1. The molecule has 6 nitrogen and oxygen atoms in total. The van der Waals surface area contributed by atoms with Crippen LogP contribution in [0.3, 0.4) is 0 Å². The van der Waals surface area contributed by atoms with Gasteiger partial charge >= 0.3 is 5.97 Å². The predicted octanol–water partition coefficient (Wildman–Crippen LogP) is 5.74. The fraction of sp³-hybridized carbons (Fsp3) is 0.200. The maximum atomic E-state index is 14.0. The number of benzene rings is 4. The second kappa shape index (κ2) is 9.37. The van der Waals surface area contributed by atoms with E-state index in [0.717, 1.165) is 33.4 Å². The molecule has 8 rings (SSSR count). The molecule has 0 aromatic heterocycles. The van der Waals surface area contributed by atoms with Gasteiger partial charge in [-0.1, -0.05) is 72.3 Å². The molecule has 0 radical (unpaired) electrons. The number of nitrogens with zero attached hydrogens (tertiary/aromatic N) is 1. The van der Waals surface area contributed by atoms with E-state index < -0.39 is 24.4 Å². The van der Waals surface area contributed by atoms with Gasteiger partial charge in [-0.05, 0) is 65.9 Å². The molecule has 2 amide bonds. The first kappa shape index (κ1) is 25.1. The van der Waals surface area contributed by atoms with Gasteiger partial charge in [-0.2, -0.15) is 0 Å². The number of hydrogen-bond donors (Lipinski definition) is 0. The van der Waals surface area contributed by atoms with Crippen molar-refractivity contribution in [2.24, 2.45) is 11.8 Å². The van der Waals surface area contributed by atoms with E-state index >= 15 is 0 Å². The van der Waals surface area contributed by atoms with Crippen LogP contribution in [0.2, 0.25) is 0 Å². The van der Waals surface area contributed by atoms with Crippen LogP contribution in [0.25, 0.3) is 0 Å². The summed E-state index contributed by atoms with van der Waals surface area (Å²) in [6.07, 6.45) is 0. The van der Waals surface area contributed by atoms with Crippen LogP contribution in [0.5, 0.6) is 0 Å². The number of ether oxygens (including phenoxy) is 1. The lowest BCUT2D eigenvalue weighted by molar-refractivity contribution is -0.122. The Bertz CT molecular complexity index is 1670. The fourth-order valence-corrected chi connectivity index (χ4v) is 7.03. The zero-order valence-corrected chi connectivity index (χ0v) is 22.7. The third-order valence-electron chi connectivity index (χ3n) is 8.82. The largest absolute Gasteiger partial charge is 0.454 e. The monoisotopic (exact) mass is 541 g/mol. The summed E-state index contributed by atoms with van der Waals surface area (Å²) in [5.74, 6) is -2.93. The van der Waals surface area contributed by atoms with Crippen LogP contribution in [0, 0.1) is 25.7 Å². The molecule has 6 heteroatoms. The third-order valence-corrected chi connectivity index (χ3v) is 8.82. The summed E-state index contributed by atoms with van der Waals surface area (Å²) in [6.45, 7) is 3.33. The summed E-state index contributed by atoms with van der Waals surface area (Å²) in [4.78, 5) is 55.0. The molecule has 2 bridgehead atoms. The molecule has 0 unspecified atom stereocenters. The number of amides is 2. The van der Waals surface area contributed by atoms with E-state index in [0.29, 0.717) is 11.3 Å². The summed E-state index contributed by atoms with van der Waals surface area (Å²) in [5.41, 5.74) is 7.18. The average Bonchev–Trinajstić information content (AvgIpc) is 3.27. The molecule has 0 saturated carbocycles. The first-order valence-electron chi connectivity index (χ1n) is 13.8. The molecule has 3 aliphatic carbocycles. The van der Waals surface area contributed by atoms with E-state index in [1.54, 1.807) is 24.3 Å². The normalized spacial score (nSPS) is 21.8. The van der Waals surface area contributed by atoms with Crippen molar-refractivity contribution in [3.05, 3.63) is 136 Å². The molecule has 41 heavy (non-hydrogen) atoms. The number of carbonyl (C=O) groups excluding carboxylic acids is 4. The highest BCUT2D eigenvalue weighted by Gasteiger charge is 2.61. The fourth-order valence-electron chi connectivity index (χ4n) is 7.03. The van der Waals surface area contributed by atoms with Crippen molar-refractivity contribution in [1.82, 2.24) is 0 Å². The highest BCUT2D eigenvalue weighted by molar-refractivity contribution is 6.23. The van der Waals surface area contributed by atoms with Gasteiger partial charge < -0.3 is 4.74 Å². The van der Waals surface area contributed by atoms with Gasteiger partial charge in [0.05, 0.1) is 23.1 Å². The van der Waals surface area contributed by atoms with Crippen molar-refractivity contribution >= 4 is 29.3 Å². The zero-order valence-electron chi connectivity index (χ0n) is 22.7. The number of aryl methyl sites for hydroxylation is 2. The van der Waals surface area contributed by atoms with Gasteiger partial charge in [0.15, 0.2) is 6.61 Å². The van der Waals surface area contributed by atoms with Crippen molar-refractivity contribution in [2.45, 2.75) is 25.7 Å². The first-order chi connectivity index (χ1) is 19.8. The summed E-state index contributed by atoms with van der Waals surface area (Å²) >= 11 is 0. The van der Waals surface area contributed by atoms with E-state index in [9.17, 15) is 19.2 Å². The third kappa shape index (κ3) is 3.78. The molecule has 2 atom stereocenters. The van der Waals surface area contributed by atoms with Crippen molar-refractivity contribution in [3.63, 3.8) is 0 Å². The molecule has 202 valence electrons. The predicted molar refractivity (Wildman–Crippen MR) is 153 cm³/mol. The Kier molecular flexibility index (Phi) is 5.75. The van der Waals surface area contributed by atoms with Crippen LogP contribution in [-0.4, -0.2) is 30.2 Å². The quantitative estimate of drug-likeness (QED) is 0.183. The van der Waals surface area contributed by atoms with Gasteiger partial charge in [-0.15, -0.1) is 0 Å². The van der Waals surface area contributed by atoms with Crippen molar-refractivity contribution < 1.29 is 23.9 Å². The number of imide groups is 1. The number of ketones is 1. The van der Waals surface area contributed by atoms with E-state index in [-0.39, 0.29) is 35.0 Å². The van der Waals surface area contributed by atoms with E-state index in [4.69, 9.17) is 4.74 Å². The van der Waals surface area contributed by atoms with Gasteiger partial charge in [0.1, 0.15) is 0 Å². The number of carbonyl (C=O) groups is 4. The molecule has 1 fully saturated rings. The molecule has 1 aliphatic heterocycles. The number of hydrogen-bond acceptors (Lipinski definition) is 5. The minimum absolute atomic E-state index is 0.168. The minimum atomic E-state index is -0.693. The molecular weight excluding hydrogens is 514 g/mol. The van der Waals surface area contributed by atoms with Crippen LogP contribution >= 0.6 is 0 Å². The summed E-state index contributed by atoms with van der Waals surface area (Å²) in [6, 6.07) is 28.1. The Morgan fingerprint density at radius 2 is 1.27 bits per heavy atom. The molecule has 4 aliphatic rings. The minimum Gasteiger partial charge on any atom is -0.454 e. The van der Waals surface area contributed by atoms with E-state index in [1.807, 2.05) is 50.2 Å². The lowest BCUT2D eigenvalue weighted by Crippen LogP contribution is -2.41. The maximum Gasteiger partial charge on any atom is 0.338 e. The van der Waals surface area contributed by atoms with Crippen molar-refractivity contribution in [1.29, 1.82) is 0 Å². The zero-order chi connectivity index (χ0) is 28.4. The average molecular weight is 542 g/mol. The summed E-state index contributed by atoms with van der Waals surface area (Å²) < 4.78 is 5.36. The van der Waals surface area contributed by atoms with Crippen LogP contribution in [0.15, 0.2) is 91.0 Å². The van der Waals surface area contributed by atoms with Gasteiger partial charge in [-0.25, -0.2) is 9.69 Å².